The van der Waals surface area contributed by atoms with Crippen LogP contribution in [0.4, 0.5) is 0 Å². The summed E-state index contributed by atoms with van der Waals surface area (Å²) >= 11 is 0. The molecule has 1 heterocycles. The van der Waals surface area contributed by atoms with Gasteiger partial charge >= 0.3 is 23.9 Å². The fourth-order valence-electron chi connectivity index (χ4n) is 4.07. The first-order valence-electron chi connectivity index (χ1n) is 13.9. The maximum absolute atomic E-state index is 11.9. The molecule has 2 atom stereocenters. The minimum Gasteiger partial charge on any atom is -0.505 e. The molecule has 0 aliphatic carbocycles. The van der Waals surface area contributed by atoms with E-state index >= 15 is 0 Å². The van der Waals surface area contributed by atoms with Crippen molar-refractivity contribution in [1.29, 1.82) is 0 Å². The molecule has 38 heavy (non-hydrogen) atoms. The van der Waals surface area contributed by atoms with Crippen LogP contribution in [0.3, 0.4) is 0 Å². The number of cyclic esters (lactones) is 1. The van der Waals surface area contributed by atoms with Gasteiger partial charge in [0.15, 0.2) is 11.9 Å². The van der Waals surface area contributed by atoms with E-state index in [4.69, 9.17) is 14.6 Å². The lowest BCUT2D eigenvalue weighted by molar-refractivity contribution is -0.156. The van der Waals surface area contributed by atoms with E-state index in [9.17, 15) is 29.4 Å². The van der Waals surface area contributed by atoms with Gasteiger partial charge in [-0.05, 0) is 6.42 Å². The molecular formula is C28H44O10. The van der Waals surface area contributed by atoms with Crippen molar-refractivity contribution < 1.29 is 48.7 Å². The second-order valence-corrected chi connectivity index (χ2v) is 9.58. The Labute approximate surface area is 225 Å². The van der Waals surface area contributed by atoms with Crippen LogP contribution in [-0.4, -0.2) is 58.0 Å². The molecule has 0 radical (unpaired) electrons. The third-order valence-corrected chi connectivity index (χ3v) is 6.24. The smallest absolute Gasteiger partial charge is 0.378 e. The van der Waals surface area contributed by atoms with E-state index in [0.29, 0.717) is 18.6 Å². The summed E-state index contributed by atoms with van der Waals surface area (Å²) in [5, 5.41) is 28.7. The van der Waals surface area contributed by atoms with Gasteiger partial charge in [-0.2, -0.15) is 0 Å². The molecule has 1 aliphatic rings. The second-order valence-electron chi connectivity index (χ2n) is 9.58. The quantitative estimate of drug-likeness (QED) is 0.0736. The molecule has 0 spiro atoms. The molecule has 0 saturated heterocycles. The summed E-state index contributed by atoms with van der Waals surface area (Å²) in [6, 6.07) is 0. The standard InChI is InChI=1S/C28H44O10/c1-2-3-4-5-6-7-8-9-10-11-12-13-14-15-16-17-23(32)36-20-21(29)26-25(34)27(28(35)38-26)37-24(33)19-18-22(30)31/h18-19,21,26,29,34H,2-17,20H2,1H3,(H,30,31)/b19-18-/t21-,26+/m0/s1. The van der Waals surface area contributed by atoms with Gasteiger partial charge in [-0.1, -0.05) is 96.8 Å². The Hall–Kier alpha value is -2.88. The first-order chi connectivity index (χ1) is 18.3. The fraction of sp³-hybridized carbons (Fsp3) is 0.714. The van der Waals surface area contributed by atoms with Gasteiger partial charge in [-0.25, -0.2) is 14.4 Å². The third-order valence-electron chi connectivity index (χ3n) is 6.24. The number of carboxylic acids is 1. The first kappa shape index (κ1) is 33.1. The number of carboxylic acid groups (broad SMARTS) is 1. The lowest BCUT2D eigenvalue weighted by Gasteiger charge is -2.17. The molecule has 1 rings (SSSR count). The van der Waals surface area contributed by atoms with E-state index in [1.807, 2.05) is 0 Å². The van der Waals surface area contributed by atoms with E-state index in [1.54, 1.807) is 0 Å². The number of rotatable bonds is 22. The van der Waals surface area contributed by atoms with Gasteiger partial charge in [0.1, 0.15) is 12.7 Å². The molecular weight excluding hydrogens is 496 g/mol. The fourth-order valence-corrected chi connectivity index (χ4v) is 4.07. The number of hydrogen-bond donors (Lipinski definition) is 3. The molecule has 10 nitrogen and oxygen atoms in total. The summed E-state index contributed by atoms with van der Waals surface area (Å²) in [6.07, 6.45) is 16.3. The number of esters is 3. The van der Waals surface area contributed by atoms with Crippen molar-refractivity contribution in [2.75, 3.05) is 6.61 Å². The van der Waals surface area contributed by atoms with E-state index in [0.717, 1.165) is 19.3 Å². The SMILES string of the molecule is CCCCCCCCCCCCCCCCCC(=O)OC[C@H](O)[C@H]1OC(=O)C(OC(=O)/C=C\C(=O)O)=C1O. The normalized spacial score (nSPS) is 16.1. The number of aliphatic hydroxyl groups is 2. The van der Waals surface area contributed by atoms with Gasteiger partial charge < -0.3 is 29.5 Å². The highest BCUT2D eigenvalue weighted by atomic mass is 16.6. The molecule has 0 aromatic heterocycles. The Morgan fingerprint density at radius 3 is 1.87 bits per heavy atom. The lowest BCUT2D eigenvalue weighted by Crippen LogP contribution is -2.33. The number of ether oxygens (including phenoxy) is 3. The van der Waals surface area contributed by atoms with Gasteiger partial charge in [0.05, 0.1) is 0 Å². The largest absolute Gasteiger partial charge is 0.505 e. The van der Waals surface area contributed by atoms with Gasteiger partial charge in [-0.3, -0.25) is 4.79 Å². The zero-order valence-corrected chi connectivity index (χ0v) is 22.5. The number of aliphatic carboxylic acids is 1. The topological polar surface area (TPSA) is 157 Å². The van der Waals surface area contributed by atoms with Crippen LogP contribution in [0.5, 0.6) is 0 Å². The van der Waals surface area contributed by atoms with Crippen LogP contribution >= 0.6 is 0 Å². The highest BCUT2D eigenvalue weighted by molar-refractivity contribution is 5.96. The van der Waals surface area contributed by atoms with Crippen LogP contribution in [0, 0.1) is 0 Å². The van der Waals surface area contributed by atoms with Crippen LogP contribution in [0.15, 0.2) is 23.7 Å². The van der Waals surface area contributed by atoms with Gasteiger partial charge in [0, 0.05) is 18.6 Å². The van der Waals surface area contributed by atoms with E-state index in [1.165, 1.54) is 70.6 Å². The number of hydrogen-bond acceptors (Lipinski definition) is 9. The van der Waals surface area contributed by atoms with Crippen molar-refractivity contribution in [3.8, 4) is 0 Å². The van der Waals surface area contributed by atoms with Crippen molar-refractivity contribution in [2.45, 2.75) is 122 Å². The predicted molar refractivity (Wildman–Crippen MR) is 139 cm³/mol. The van der Waals surface area contributed by atoms with Crippen molar-refractivity contribution >= 4 is 23.9 Å². The lowest BCUT2D eigenvalue weighted by atomic mass is 10.0. The van der Waals surface area contributed by atoms with Crippen molar-refractivity contribution in [1.82, 2.24) is 0 Å². The zero-order chi connectivity index (χ0) is 28.2. The summed E-state index contributed by atoms with van der Waals surface area (Å²) in [5.41, 5.74) is 0. The summed E-state index contributed by atoms with van der Waals surface area (Å²) in [4.78, 5) is 45.7. The monoisotopic (exact) mass is 540 g/mol. The molecule has 0 saturated carbocycles. The van der Waals surface area contributed by atoms with Crippen LogP contribution in [-0.2, 0) is 33.4 Å². The Balaban J connectivity index is 2.10. The maximum Gasteiger partial charge on any atom is 0.378 e. The minimum absolute atomic E-state index is 0.191. The number of carbonyl (C=O) groups is 4. The van der Waals surface area contributed by atoms with Crippen molar-refractivity contribution in [3.05, 3.63) is 23.7 Å². The van der Waals surface area contributed by atoms with E-state index < -0.39 is 54.2 Å². The van der Waals surface area contributed by atoms with Gasteiger partial charge in [-0.15, -0.1) is 0 Å². The predicted octanol–water partition coefficient (Wildman–Crippen LogP) is 5.03. The van der Waals surface area contributed by atoms with Crippen LogP contribution in [0.2, 0.25) is 0 Å². The van der Waals surface area contributed by atoms with Crippen LogP contribution in [0.25, 0.3) is 0 Å². The molecule has 216 valence electrons. The molecule has 0 bridgehead atoms. The first-order valence-corrected chi connectivity index (χ1v) is 13.9. The molecule has 10 heteroatoms. The molecule has 0 unspecified atom stereocenters. The highest BCUT2D eigenvalue weighted by Crippen LogP contribution is 2.25. The summed E-state index contributed by atoms with van der Waals surface area (Å²) in [5.74, 6) is -6.08. The zero-order valence-electron chi connectivity index (χ0n) is 22.5. The average molecular weight is 541 g/mol. The van der Waals surface area contributed by atoms with E-state index in [-0.39, 0.29) is 6.42 Å². The van der Waals surface area contributed by atoms with Crippen molar-refractivity contribution in [2.24, 2.45) is 0 Å². The Kier molecular flexibility index (Phi) is 17.6. The Morgan fingerprint density at radius 2 is 1.37 bits per heavy atom. The summed E-state index contributed by atoms with van der Waals surface area (Å²) in [6.45, 7) is 1.71. The molecule has 0 aromatic rings. The molecule has 1 aliphatic heterocycles. The third kappa shape index (κ3) is 14.8. The number of aliphatic hydroxyl groups excluding tert-OH is 2. The Bertz CT molecular complexity index is 801. The van der Waals surface area contributed by atoms with Gasteiger partial charge in [0.25, 0.3) is 5.76 Å². The molecule has 0 aromatic carbocycles. The van der Waals surface area contributed by atoms with E-state index in [2.05, 4.69) is 11.7 Å². The number of carbonyl (C=O) groups excluding carboxylic acids is 3. The average Bonchev–Trinajstić information content (AvgIpc) is 3.16. The summed E-state index contributed by atoms with van der Waals surface area (Å²) < 4.78 is 14.4. The van der Waals surface area contributed by atoms with Crippen LogP contribution in [0.1, 0.15) is 110 Å². The number of unbranched alkanes of at least 4 members (excludes halogenated alkanes) is 14. The van der Waals surface area contributed by atoms with Gasteiger partial charge in [0.2, 0.25) is 0 Å². The minimum atomic E-state index is -1.58. The Morgan fingerprint density at radius 1 is 0.868 bits per heavy atom. The summed E-state index contributed by atoms with van der Waals surface area (Å²) in [7, 11) is 0. The second kappa shape index (κ2) is 20.1. The highest BCUT2D eigenvalue weighted by Gasteiger charge is 2.41. The molecule has 0 fully saturated rings. The molecule has 3 N–H and O–H groups in total. The molecule has 0 amide bonds. The maximum atomic E-state index is 11.9. The van der Waals surface area contributed by atoms with Crippen LogP contribution < -0.4 is 0 Å². The van der Waals surface area contributed by atoms with Crippen molar-refractivity contribution in [3.63, 3.8) is 0 Å².